The number of esters is 1. The second kappa shape index (κ2) is 8.58. The molecule has 0 N–H and O–H groups in total. The van der Waals surface area contributed by atoms with Crippen LogP contribution in [0.2, 0.25) is 0 Å². The molecule has 0 fully saturated rings. The molecule has 0 aliphatic heterocycles. The highest BCUT2D eigenvalue weighted by Crippen LogP contribution is 2.19. The van der Waals surface area contributed by atoms with E-state index in [-0.39, 0.29) is 11.9 Å². The molecule has 3 nitrogen and oxygen atoms in total. The van der Waals surface area contributed by atoms with Gasteiger partial charge in [-0.3, -0.25) is 0 Å². The summed E-state index contributed by atoms with van der Waals surface area (Å²) in [7, 11) is 1.36. The molecule has 0 aromatic rings. The molecule has 0 bridgehead atoms. The van der Waals surface area contributed by atoms with Gasteiger partial charge in [-0.2, -0.15) is 5.26 Å². The Labute approximate surface area is 104 Å². The van der Waals surface area contributed by atoms with Crippen LogP contribution in [-0.4, -0.2) is 13.1 Å². The second-order valence-corrected chi connectivity index (χ2v) is 4.37. The predicted molar refractivity (Wildman–Crippen MR) is 68.1 cm³/mol. The fourth-order valence-corrected chi connectivity index (χ4v) is 1.45. The van der Waals surface area contributed by atoms with E-state index >= 15 is 0 Å². The first-order valence-electron chi connectivity index (χ1n) is 5.80. The average molecular weight is 235 g/mol. The van der Waals surface area contributed by atoms with E-state index in [4.69, 9.17) is 5.26 Å². The highest BCUT2D eigenvalue weighted by atomic mass is 16.5. The molecule has 94 valence electrons. The zero-order valence-electron chi connectivity index (χ0n) is 10.9. The van der Waals surface area contributed by atoms with Crippen LogP contribution in [-0.2, 0) is 9.53 Å². The van der Waals surface area contributed by atoms with Gasteiger partial charge < -0.3 is 4.74 Å². The number of methoxy groups -OCH3 is 1. The van der Waals surface area contributed by atoms with E-state index in [1.165, 1.54) is 13.2 Å². The Morgan fingerprint density at radius 3 is 2.65 bits per heavy atom. The normalized spacial score (nSPS) is 14.0. The Bertz CT molecular complexity index is 326. The first-order valence-corrected chi connectivity index (χ1v) is 5.80. The van der Waals surface area contributed by atoms with Crippen molar-refractivity contribution in [1.82, 2.24) is 0 Å². The largest absolute Gasteiger partial charge is 0.466 e. The summed E-state index contributed by atoms with van der Waals surface area (Å²) in [6, 6.07) is 2.25. The Morgan fingerprint density at radius 1 is 1.53 bits per heavy atom. The van der Waals surface area contributed by atoms with Gasteiger partial charge in [0.15, 0.2) is 0 Å². The maximum atomic E-state index is 10.8. The van der Waals surface area contributed by atoms with Crippen molar-refractivity contribution in [2.45, 2.75) is 33.1 Å². The summed E-state index contributed by atoms with van der Waals surface area (Å²) in [4.78, 5) is 10.8. The molecule has 17 heavy (non-hydrogen) atoms. The molecule has 0 rings (SSSR count). The van der Waals surface area contributed by atoms with E-state index in [0.717, 1.165) is 24.8 Å². The molecule has 0 heterocycles. The van der Waals surface area contributed by atoms with Crippen molar-refractivity contribution < 1.29 is 9.53 Å². The molecular formula is C14H21NO2. The summed E-state index contributed by atoms with van der Waals surface area (Å²) < 4.78 is 4.50. The Kier molecular flexibility index (Phi) is 7.79. The van der Waals surface area contributed by atoms with Gasteiger partial charge in [-0.25, -0.2) is 4.79 Å². The number of rotatable bonds is 7. The van der Waals surface area contributed by atoms with Gasteiger partial charge in [0.25, 0.3) is 0 Å². The minimum atomic E-state index is -0.325. The van der Waals surface area contributed by atoms with Gasteiger partial charge in [0, 0.05) is 6.08 Å². The number of nitrogens with zero attached hydrogens (tertiary/aromatic N) is 1. The fraction of sp³-hybridized carbons (Fsp3) is 0.571. The Morgan fingerprint density at radius 2 is 2.18 bits per heavy atom. The van der Waals surface area contributed by atoms with E-state index < -0.39 is 0 Å². The summed E-state index contributed by atoms with van der Waals surface area (Å²) in [6.07, 6.45) is 5.87. The quantitative estimate of drug-likeness (QED) is 0.386. The summed E-state index contributed by atoms with van der Waals surface area (Å²) >= 11 is 0. The third-order valence-electron chi connectivity index (χ3n) is 2.69. The topological polar surface area (TPSA) is 50.1 Å². The molecule has 2 unspecified atom stereocenters. The number of hydrogen-bond donors (Lipinski definition) is 0. The average Bonchev–Trinajstić information content (AvgIpc) is 2.29. The van der Waals surface area contributed by atoms with Crippen LogP contribution < -0.4 is 0 Å². The van der Waals surface area contributed by atoms with Crippen LogP contribution in [0.1, 0.15) is 33.1 Å². The molecule has 0 aromatic carbocycles. The molecular weight excluding hydrogens is 214 g/mol. The first kappa shape index (κ1) is 15.4. The fourth-order valence-electron chi connectivity index (χ4n) is 1.45. The lowest BCUT2D eigenvalue weighted by Gasteiger charge is -2.12. The maximum absolute atomic E-state index is 10.8. The van der Waals surface area contributed by atoms with E-state index in [1.54, 1.807) is 0 Å². The number of allylic oxidation sites excluding steroid dienone is 2. The monoisotopic (exact) mass is 235 g/mol. The third kappa shape index (κ3) is 7.35. The van der Waals surface area contributed by atoms with Crippen LogP contribution in [0.25, 0.3) is 0 Å². The Hall–Kier alpha value is -1.56. The van der Waals surface area contributed by atoms with Gasteiger partial charge in [0.05, 0.1) is 19.1 Å². The lowest BCUT2D eigenvalue weighted by atomic mass is 9.92. The molecule has 0 spiro atoms. The van der Waals surface area contributed by atoms with Gasteiger partial charge in [-0.1, -0.05) is 25.2 Å². The lowest BCUT2D eigenvalue weighted by molar-refractivity contribution is -0.134. The molecule has 0 aliphatic rings. The van der Waals surface area contributed by atoms with Crippen LogP contribution in [0, 0.1) is 23.2 Å². The number of nitriles is 1. The zero-order valence-corrected chi connectivity index (χ0v) is 10.9. The number of carbonyl (C=O) groups excluding carboxylic acids is 1. The molecule has 0 saturated heterocycles. The summed E-state index contributed by atoms with van der Waals surface area (Å²) in [5.41, 5.74) is 0.921. The van der Waals surface area contributed by atoms with Crippen molar-refractivity contribution in [3.8, 4) is 6.07 Å². The minimum absolute atomic E-state index is 0.0537. The van der Waals surface area contributed by atoms with Crippen molar-refractivity contribution in [3.63, 3.8) is 0 Å². The maximum Gasteiger partial charge on any atom is 0.330 e. The third-order valence-corrected chi connectivity index (χ3v) is 2.69. The smallest absolute Gasteiger partial charge is 0.330 e. The summed E-state index contributed by atoms with van der Waals surface area (Å²) in [5.74, 6) is 0.0715. The molecule has 0 aliphatic carbocycles. The molecule has 0 aromatic heterocycles. The second-order valence-electron chi connectivity index (χ2n) is 4.37. The minimum Gasteiger partial charge on any atom is -0.466 e. The molecule has 0 radical (unpaired) electrons. The van der Waals surface area contributed by atoms with Gasteiger partial charge >= 0.3 is 5.97 Å². The van der Waals surface area contributed by atoms with Crippen LogP contribution >= 0.6 is 0 Å². The molecule has 2 atom stereocenters. The van der Waals surface area contributed by atoms with Gasteiger partial charge in [-0.15, -0.1) is 0 Å². The van der Waals surface area contributed by atoms with E-state index in [0.29, 0.717) is 5.92 Å². The standard InChI is InChI=1S/C14H21NO2/c1-11(2)13(10-15)9-8-12(3)6-5-7-14(16)17-4/h5,7,12-13H,1,6,8-9H2,2-4H3/b7-5+. The van der Waals surface area contributed by atoms with E-state index in [1.807, 2.05) is 13.0 Å². The van der Waals surface area contributed by atoms with Crippen molar-refractivity contribution >= 4 is 5.97 Å². The summed E-state index contributed by atoms with van der Waals surface area (Å²) in [5, 5.41) is 8.90. The number of carbonyl (C=O) groups is 1. The van der Waals surface area contributed by atoms with Gasteiger partial charge in [-0.05, 0) is 32.1 Å². The van der Waals surface area contributed by atoms with E-state index in [9.17, 15) is 4.79 Å². The number of ether oxygens (including phenoxy) is 1. The van der Waals surface area contributed by atoms with Crippen LogP contribution in [0.4, 0.5) is 0 Å². The van der Waals surface area contributed by atoms with Gasteiger partial charge in [0.1, 0.15) is 0 Å². The number of hydrogen-bond acceptors (Lipinski definition) is 3. The van der Waals surface area contributed by atoms with E-state index in [2.05, 4.69) is 24.3 Å². The highest BCUT2D eigenvalue weighted by molar-refractivity contribution is 5.81. The van der Waals surface area contributed by atoms with Crippen LogP contribution in [0.5, 0.6) is 0 Å². The van der Waals surface area contributed by atoms with Crippen LogP contribution in [0.3, 0.4) is 0 Å². The van der Waals surface area contributed by atoms with Crippen molar-refractivity contribution in [1.29, 1.82) is 5.26 Å². The van der Waals surface area contributed by atoms with Crippen molar-refractivity contribution in [2.24, 2.45) is 11.8 Å². The molecule has 3 heteroatoms. The zero-order chi connectivity index (χ0) is 13.3. The van der Waals surface area contributed by atoms with Crippen molar-refractivity contribution in [3.05, 3.63) is 24.3 Å². The first-order chi connectivity index (χ1) is 8.01. The predicted octanol–water partition coefficient (Wildman–Crippen LogP) is 3.24. The highest BCUT2D eigenvalue weighted by Gasteiger charge is 2.10. The lowest BCUT2D eigenvalue weighted by Crippen LogP contribution is -2.02. The SMILES string of the molecule is C=C(C)C(C#N)CCC(C)C/C=C/C(=O)OC. The Balaban J connectivity index is 3.91. The van der Waals surface area contributed by atoms with Crippen LogP contribution in [0.15, 0.2) is 24.3 Å². The van der Waals surface area contributed by atoms with Gasteiger partial charge in [0.2, 0.25) is 0 Å². The molecule has 0 amide bonds. The molecule has 0 saturated carbocycles. The van der Waals surface area contributed by atoms with Crippen molar-refractivity contribution in [2.75, 3.05) is 7.11 Å². The summed E-state index contributed by atoms with van der Waals surface area (Å²) in [6.45, 7) is 7.79.